The number of aromatic carboxylic acids is 1. The summed E-state index contributed by atoms with van der Waals surface area (Å²) in [5.74, 6) is -0.862. The van der Waals surface area contributed by atoms with Gasteiger partial charge in [0, 0.05) is 25.6 Å². The maximum Gasteiger partial charge on any atom is 0.335 e. The van der Waals surface area contributed by atoms with Crippen molar-refractivity contribution in [1.29, 1.82) is 0 Å². The van der Waals surface area contributed by atoms with Crippen LogP contribution in [0.2, 0.25) is 0 Å². The van der Waals surface area contributed by atoms with Crippen LogP contribution in [0.15, 0.2) is 30.6 Å². The van der Waals surface area contributed by atoms with Crippen molar-refractivity contribution in [2.75, 3.05) is 0 Å². The van der Waals surface area contributed by atoms with Crippen LogP contribution in [-0.4, -0.2) is 43.9 Å². The van der Waals surface area contributed by atoms with Crippen molar-refractivity contribution in [2.45, 2.75) is 63.7 Å². The van der Waals surface area contributed by atoms with Crippen molar-refractivity contribution in [1.82, 2.24) is 20.2 Å². The summed E-state index contributed by atoms with van der Waals surface area (Å²) in [7, 11) is 0. The van der Waals surface area contributed by atoms with E-state index in [2.05, 4.69) is 20.2 Å². The van der Waals surface area contributed by atoms with Gasteiger partial charge in [-0.1, -0.05) is 31.4 Å². The van der Waals surface area contributed by atoms with Crippen molar-refractivity contribution in [3.8, 4) is 0 Å². The molecule has 1 aliphatic heterocycles. The second kappa shape index (κ2) is 8.14. The second-order valence-electron chi connectivity index (χ2n) is 7.80. The minimum Gasteiger partial charge on any atom is -0.478 e. The highest BCUT2D eigenvalue weighted by Gasteiger charge is 2.34. The molecule has 2 aromatic rings. The number of imidazole rings is 1. The molecule has 1 amide bonds. The average Bonchev–Trinajstić information content (AvgIpc) is 3.16. The number of carbonyl (C=O) groups excluding carboxylic acids is 1. The lowest BCUT2D eigenvalue weighted by atomic mass is 9.94. The number of fused-ring (bicyclic) bond motifs is 1. The molecule has 148 valence electrons. The third-order valence-corrected chi connectivity index (χ3v) is 5.84. The van der Waals surface area contributed by atoms with E-state index in [1.54, 1.807) is 18.5 Å². The zero-order chi connectivity index (χ0) is 19.5. The van der Waals surface area contributed by atoms with E-state index in [0.717, 1.165) is 29.8 Å². The highest BCUT2D eigenvalue weighted by molar-refractivity contribution is 5.87. The lowest BCUT2D eigenvalue weighted by Gasteiger charge is -2.35. The van der Waals surface area contributed by atoms with Gasteiger partial charge in [-0.2, -0.15) is 0 Å². The highest BCUT2D eigenvalue weighted by Crippen LogP contribution is 2.24. The zero-order valence-electron chi connectivity index (χ0n) is 15.9. The molecule has 1 fully saturated rings. The maximum atomic E-state index is 13.1. The number of carbonyl (C=O) groups is 2. The van der Waals surface area contributed by atoms with Gasteiger partial charge in [0.05, 0.1) is 29.3 Å². The molecule has 0 radical (unpaired) electrons. The minimum absolute atomic E-state index is 0.0720. The first-order chi connectivity index (χ1) is 13.6. The highest BCUT2D eigenvalue weighted by atomic mass is 16.4. The number of H-pyrrole nitrogens is 1. The van der Waals surface area contributed by atoms with E-state index in [1.165, 1.54) is 19.3 Å². The van der Waals surface area contributed by atoms with Gasteiger partial charge in [-0.05, 0) is 30.5 Å². The fourth-order valence-corrected chi connectivity index (χ4v) is 4.24. The quantitative estimate of drug-likeness (QED) is 0.738. The lowest BCUT2D eigenvalue weighted by Crippen LogP contribution is -2.52. The van der Waals surface area contributed by atoms with Crippen LogP contribution in [0.1, 0.15) is 59.4 Å². The predicted molar refractivity (Wildman–Crippen MR) is 104 cm³/mol. The number of amides is 1. The van der Waals surface area contributed by atoms with E-state index in [-0.39, 0.29) is 23.6 Å². The van der Waals surface area contributed by atoms with Crippen LogP contribution in [0.3, 0.4) is 0 Å². The maximum absolute atomic E-state index is 13.1. The number of carboxylic acid groups (broad SMARTS) is 1. The molecule has 0 saturated heterocycles. The molecule has 2 heterocycles. The number of benzene rings is 1. The Kier molecular flexibility index (Phi) is 5.43. The fourth-order valence-electron chi connectivity index (χ4n) is 4.24. The molecule has 0 unspecified atom stereocenters. The smallest absolute Gasteiger partial charge is 0.335 e. The van der Waals surface area contributed by atoms with Crippen LogP contribution in [0.25, 0.3) is 0 Å². The molecular formula is C21H26N4O3. The summed E-state index contributed by atoms with van der Waals surface area (Å²) in [4.78, 5) is 33.8. The Morgan fingerprint density at radius 3 is 2.64 bits per heavy atom. The third kappa shape index (κ3) is 4.09. The molecule has 3 N–H and O–H groups in total. The van der Waals surface area contributed by atoms with E-state index in [1.807, 2.05) is 12.1 Å². The summed E-state index contributed by atoms with van der Waals surface area (Å²) >= 11 is 0. The summed E-state index contributed by atoms with van der Waals surface area (Å²) in [5, 5.41) is 12.3. The van der Waals surface area contributed by atoms with Crippen LogP contribution in [0.5, 0.6) is 0 Å². The average molecular weight is 382 g/mol. The second-order valence-corrected chi connectivity index (χ2v) is 7.80. The molecule has 7 heteroatoms. The molecule has 1 saturated carbocycles. The van der Waals surface area contributed by atoms with Crippen LogP contribution in [0, 0.1) is 0 Å². The van der Waals surface area contributed by atoms with Gasteiger partial charge >= 0.3 is 5.97 Å². The predicted octanol–water partition coefficient (Wildman–Crippen LogP) is 2.48. The largest absolute Gasteiger partial charge is 0.478 e. The van der Waals surface area contributed by atoms with Crippen molar-refractivity contribution < 1.29 is 14.7 Å². The van der Waals surface area contributed by atoms with E-state index >= 15 is 0 Å². The standard InChI is InChI=1S/C21H26N4O3/c26-20(24-16-4-2-1-3-5-16)19-10-17-18(23-13-22-17)12-25(19)11-14-6-8-15(9-7-14)21(27)28/h6-9,13,16,19H,1-5,10-12H2,(H,22,23)(H,24,26)(H,27,28)/t19-/m0/s1. The number of nitrogens with zero attached hydrogens (tertiary/aromatic N) is 2. The van der Waals surface area contributed by atoms with Gasteiger partial charge in [-0.3, -0.25) is 9.69 Å². The van der Waals surface area contributed by atoms with Gasteiger partial charge < -0.3 is 15.4 Å². The number of nitrogens with one attached hydrogen (secondary N) is 2. The Hall–Kier alpha value is -2.67. The Morgan fingerprint density at radius 2 is 1.93 bits per heavy atom. The van der Waals surface area contributed by atoms with Crippen molar-refractivity contribution in [3.63, 3.8) is 0 Å². The molecule has 1 atom stereocenters. The Bertz CT molecular complexity index is 840. The van der Waals surface area contributed by atoms with Gasteiger partial charge in [-0.25, -0.2) is 9.78 Å². The first-order valence-electron chi connectivity index (χ1n) is 9.98. The number of rotatable bonds is 5. The van der Waals surface area contributed by atoms with E-state index in [4.69, 9.17) is 5.11 Å². The van der Waals surface area contributed by atoms with E-state index < -0.39 is 5.97 Å². The molecule has 0 spiro atoms. The summed E-state index contributed by atoms with van der Waals surface area (Å²) in [6.07, 6.45) is 8.00. The third-order valence-electron chi connectivity index (χ3n) is 5.84. The molecule has 1 aromatic carbocycles. The van der Waals surface area contributed by atoms with E-state index in [0.29, 0.717) is 19.5 Å². The summed E-state index contributed by atoms with van der Waals surface area (Å²) in [6, 6.07) is 6.88. The van der Waals surface area contributed by atoms with Gasteiger partial charge in [0.1, 0.15) is 0 Å². The Labute approximate surface area is 164 Å². The number of carboxylic acids is 1. The Balaban J connectivity index is 1.50. The number of hydrogen-bond acceptors (Lipinski definition) is 4. The van der Waals surface area contributed by atoms with Crippen LogP contribution >= 0.6 is 0 Å². The molecular weight excluding hydrogens is 356 g/mol. The van der Waals surface area contributed by atoms with Crippen LogP contribution < -0.4 is 5.32 Å². The molecule has 0 bridgehead atoms. The minimum atomic E-state index is -0.934. The monoisotopic (exact) mass is 382 g/mol. The molecule has 4 rings (SSSR count). The number of aromatic nitrogens is 2. The topological polar surface area (TPSA) is 98.3 Å². The molecule has 7 nitrogen and oxygen atoms in total. The van der Waals surface area contributed by atoms with Crippen molar-refractivity contribution in [2.24, 2.45) is 0 Å². The van der Waals surface area contributed by atoms with Crippen molar-refractivity contribution in [3.05, 3.63) is 53.1 Å². The van der Waals surface area contributed by atoms with Crippen LogP contribution in [0.4, 0.5) is 0 Å². The molecule has 1 aromatic heterocycles. The molecule has 28 heavy (non-hydrogen) atoms. The zero-order valence-corrected chi connectivity index (χ0v) is 15.9. The van der Waals surface area contributed by atoms with Crippen LogP contribution in [-0.2, 0) is 24.3 Å². The lowest BCUT2D eigenvalue weighted by molar-refractivity contribution is -0.128. The van der Waals surface area contributed by atoms with Gasteiger partial charge in [0.15, 0.2) is 0 Å². The normalized spacial score (nSPS) is 20.5. The SMILES string of the molecule is O=C(O)c1ccc(CN2Cc3[nH]cnc3C[C@H]2C(=O)NC2CCCCC2)cc1. The van der Waals surface area contributed by atoms with Crippen molar-refractivity contribution >= 4 is 11.9 Å². The number of aromatic amines is 1. The summed E-state index contributed by atoms with van der Waals surface area (Å²) < 4.78 is 0. The first kappa shape index (κ1) is 18.7. The van der Waals surface area contributed by atoms with Gasteiger partial charge in [0.25, 0.3) is 0 Å². The fraction of sp³-hybridized carbons (Fsp3) is 0.476. The van der Waals surface area contributed by atoms with Gasteiger partial charge in [-0.15, -0.1) is 0 Å². The molecule has 1 aliphatic carbocycles. The summed E-state index contributed by atoms with van der Waals surface area (Å²) in [6.45, 7) is 1.21. The van der Waals surface area contributed by atoms with E-state index in [9.17, 15) is 9.59 Å². The van der Waals surface area contributed by atoms with Gasteiger partial charge in [0.2, 0.25) is 5.91 Å². The Morgan fingerprint density at radius 1 is 1.18 bits per heavy atom. The summed E-state index contributed by atoms with van der Waals surface area (Å²) in [5.41, 5.74) is 3.26. The number of hydrogen-bond donors (Lipinski definition) is 3. The first-order valence-corrected chi connectivity index (χ1v) is 9.98. The molecule has 2 aliphatic rings.